The molecule has 25 heavy (non-hydrogen) atoms. The van der Waals surface area contributed by atoms with Crippen LogP contribution >= 0.6 is 31.9 Å². The van der Waals surface area contributed by atoms with Gasteiger partial charge in [-0.2, -0.15) is 5.10 Å². The molecular formula is C16H11Br2N3O4. The van der Waals surface area contributed by atoms with Crippen LogP contribution in [0.3, 0.4) is 0 Å². The number of hydrogen-bond acceptors (Lipinski definition) is 5. The molecule has 1 heterocycles. The van der Waals surface area contributed by atoms with Gasteiger partial charge in [0.25, 0.3) is 0 Å². The topological polar surface area (TPSA) is 89.0 Å². The second-order valence-electron chi connectivity index (χ2n) is 4.89. The number of nitrogens with zero attached hydrogens (tertiary/aromatic N) is 1. The van der Waals surface area contributed by atoms with Crippen LogP contribution in [0.5, 0.6) is 11.5 Å². The minimum Gasteiger partial charge on any atom is -0.454 e. The van der Waals surface area contributed by atoms with E-state index in [0.717, 1.165) is 4.47 Å². The minimum atomic E-state index is -0.881. The van der Waals surface area contributed by atoms with E-state index in [1.165, 1.54) is 6.21 Å². The van der Waals surface area contributed by atoms with Gasteiger partial charge in [0.1, 0.15) is 0 Å². The number of halogens is 2. The van der Waals surface area contributed by atoms with Gasteiger partial charge in [-0.15, -0.1) is 0 Å². The molecule has 2 amide bonds. The highest BCUT2D eigenvalue weighted by molar-refractivity contribution is 9.10. The highest BCUT2D eigenvalue weighted by Gasteiger charge is 2.16. The van der Waals surface area contributed by atoms with E-state index in [2.05, 4.69) is 47.7 Å². The van der Waals surface area contributed by atoms with Crippen molar-refractivity contribution in [2.24, 2.45) is 5.10 Å². The Labute approximate surface area is 159 Å². The Hall–Kier alpha value is -2.39. The Kier molecular flexibility index (Phi) is 5.34. The summed E-state index contributed by atoms with van der Waals surface area (Å²) in [5.41, 5.74) is 3.34. The highest BCUT2D eigenvalue weighted by atomic mass is 79.9. The van der Waals surface area contributed by atoms with Gasteiger partial charge in [0.2, 0.25) is 6.79 Å². The number of anilines is 1. The fourth-order valence-electron chi connectivity index (χ4n) is 2.00. The van der Waals surface area contributed by atoms with Crippen molar-refractivity contribution in [3.8, 4) is 11.5 Å². The van der Waals surface area contributed by atoms with Crippen LogP contribution in [0.2, 0.25) is 0 Å². The molecule has 2 aromatic rings. The second kappa shape index (κ2) is 7.66. The van der Waals surface area contributed by atoms with Crippen LogP contribution < -0.4 is 20.2 Å². The summed E-state index contributed by atoms with van der Waals surface area (Å²) in [6.07, 6.45) is 1.40. The highest BCUT2D eigenvalue weighted by Crippen LogP contribution is 2.36. The van der Waals surface area contributed by atoms with Gasteiger partial charge in [0.15, 0.2) is 11.5 Å². The van der Waals surface area contributed by atoms with Crippen molar-refractivity contribution >= 4 is 55.6 Å². The summed E-state index contributed by atoms with van der Waals surface area (Å²) in [7, 11) is 0. The number of amides is 2. The molecule has 9 heteroatoms. The van der Waals surface area contributed by atoms with Crippen molar-refractivity contribution in [1.82, 2.24) is 5.43 Å². The molecule has 128 valence electrons. The maximum Gasteiger partial charge on any atom is 0.329 e. The number of ether oxygens (including phenoxy) is 2. The molecule has 0 bridgehead atoms. The summed E-state index contributed by atoms with van der Waals surface area (Å²) >= 11 is 6.66. The Balaban J connectivity index is 1.60. The van der Waals surface area contributed by atoms with Crippen LogP contribution in [0.25, 0.3) is 0 Å². The van der Waals surface area contributed by atoms with Crippen molar-refractivity contribution < 1.29 is 19.1 Å². The lowest BCUT2D eigenvalue weighted by Crippen LogP contribution is -2.32. The maximum absolute atomic E-state index is 11.8. The molecule has 1 aliphatic heterocycles. The summed E-state index contributed by atoms with van der Waals surface area (Å²) in [5, 5.41) is 6.26. The van der Waals surface area contributed by atoms with E-state index >= 15 is 0 Å². The van der Waals surface area contributed by atoms with Crippen molar-refractivity contribution in [3.63, 3.8) is 0 Å². The van der Waals surface area contributed by atoms with E-state index < -0.39 is 11.8 Å². The number of rotatable bonds is 3. The zero-order chi connectivity index (χ0) is 17.8. The average Bonchev–Trinajstić information content (AvgIpc) is 3.02. The molecule has 0 aliphatic carbocycles. The van der Waals surface area contributed by atoms with Crippen LogP contribution in [0.15, 0.2) is 50.4 Å². The predicted octanol–water partition coefficient (Wildman–Crippen LogP) is 3.03. The molecule has 2 aromatic carbocycles. The van der Waals surface area contributed by atoms with E-state index in [0.29, 0.717) is 27.2 Å². The number of hydrazone groups is 1. The van der Waals surface area contributed by atoms with Crippen LogP contribution in [0.1, 0.15) is 5.56 Å². The zero-order valence-electron chi connectivity index (χ0n) is 12.6. The molecule has 0 aromatic heterocycles. The van der Waals surface area contributed by atoms with Gasteiger partial charge in [-0.1, -0.05) is 22.0 Å². The Bertz CT molecular complexity index is 870. The number of hydrogen-bond donors (Lipinski definition) is 2. The van der Waals surface area contributed by atoms with Crippen LogP contribution in [-0.2, 0) is 9.59 Å². The van der Waals surface area contributed by atoms with E-state index in [1.54, 1.807) is 30.3 Å². The molecule has 3 rings (SSSR count). The number of carbonyl (C=O) groups excluding carboxylic acids is 2. The molecule has 0 saturated heterocycles. The molecule has 2 N–H and O–H groups in total. The largest absolute Gasteiger partial charge is 0.454 e. The molecule has 0 saturated carbocycles. The number of carbonyl (C=O) groups is 2. The van der Waals surface area contributed by atoms with E-state index in [4.69, 9.17) is 9.47 Å². The summed E-state index contributed by atoms with van der Waals surface area (Å²) in [4.78, 5) is 23.6. The molecular weight excluding hydrogens is 458 g/mol. The molecule has 0 radical (unpaired) electrons. The maximum atomic E-state index is 11.8. The standard InChI is InChI=1S/C16H11Br2N3O4/c17-10-2-1-3-11(5-10)20-15(22)16(23)21-19-7-9-4-13-14(6-12(9)18)25-8-24-13/h1-7H,8H2,(H,20,22)(H,21,23)/b19-7-. The zero-order valence-corrected chi connectivity index (χ0v) is 15.8. The Morgan fingerprint density at radius 2 is 1.84 bits per heavy atom. The minimum absolute atomic E-state index is 0.162. The summed E-state index contributed by atoms with van der Waals surface area (Å²) in [6, 6.07) is 10.4. The van der Waals surface area contributed by atoms with Gasteiger partial charge in [0.05, 0.1) is 6.21 Å². The van der Waals surface area contributed by atoms with Gasteiger partial charge in [-0.05, 0) is 46.3 Å². The number of benzene rings is 2. The molecule has 0 unspecified atom stereocenters. The molecule has 7 nitrogen and oxygen atoms in total. The van der Waals surface area contributed by atoms with Crippen molar-refractivity contribution in [2.75, 3.05) is 12.1 Å². The summed E-state index contributed by atoms with van der Waals surface area (Å²) in [6.45, 7) is 0.162. The van der Waals surface area contributed by atoms with E-state index in [9.17, 15) is 9.59 Å². The third kappa shape index (κ3) is 4.37. The van der Waals surface area contributed by atoms with Crippen LogP contribution in [0, 0.1) is 0 Å². The lowest BCUT2D eigenvalue weighted by Gasteiger charge is -2.04. The quantitative estimate of drug-likeness (QED) is 0.411. The fraction of sp³-hybridized carbons (Fsp3) is 0.0625. The number of fused-ring (bicyclic) bond motifs is 1. The van der Waals surface area contributed by atoms with Gasteiger partial charge in [-0.3, -0.25) is 9.59 Å². The van der Waals surface area contributed by atoms with Crippen LogP contribution in [0.4, 0.5) is 5.69 Å². The van der Waals surface area contributed by atoms with E-state index in [1.807, 2.05) is 6.07 Å². The van der Waals surface area contributed by atoms with Gasteiger partial charge >= 0.3 is 11.8 Å². The fourth-order valence-corrected chi connectivity index (χ4v) is 2.82. The summed E-state index contributed by atoms with van der Waals surface area (Å²) in [5.74, 6) is -0.488. The molecule has 0 atom stereocenters. The third-order valence-corrected chi connectivity index (χ3v) is 4.33. The third-order valence-electron chi connectivity index (χ3n) is 3.15. The first-order chi connectivity index (χ1) is 12.0. The first-order valence-corrected chi connectivity index (χ1v) is 8.60. The monoisotopic (exact) mass is 467 g/mol. The Morgan fingerprint density at radius 1 is 1.08 bits per heavy atom. The smallest absolute Gasteiger partial charge is 0.329 e. The molecule has 0 fully saturated rings. The second-order valence-corrected chi connectivity index (χ2v) is 6.66. The molecule has 0 spiro atoms. The van der Waals surface area contributed by atoms with Gasteiger partial charge in [-0.25, -0.2) is 5.43 Å². The first kappa shape index (κ1) is 17.4. The molecule has 1 aliphatic rings. The number of nitrogens with one attached hydrogen (secondary N) is 2. The van der Waals surface area contributed by atoms with Crippen molar-refractivity contribution in [1.29, 1.82) is 0 Å². The van der Waals surface area contributed by atoms with Crippen molar-refractivity contribution in [2.45, 2.75) is 0 Å². The summed E-state index contributed by atoms with van der Waals surface area (Å²) < 4.78 is 12.0. The van der Waals surface area contributed by atoms with Gasteiger partial charge < -0.3 is 14.8 Å². The lowest BCUT2D eigenvalue weighted by atomic mass is 10.2. The first-order valence-electron chi connectivity index (χ1n) is 7.02. The normalized spacial score (nSPS) is 12.2. The van der Waals surface area contributed by atoms with Crippen molar-refractivity contribution in [3.05, 3.63) is 50.9 Å². The average molecular weight is 469 g/mol. The SMILES string of the molecule is O=C(N/N=C\c1cc2c(cc1Br)OCO2)C(=O)Nc1cccc(Br)c1. The van der Waals surface area contributed by atoms with E-state index in [-0.39, 0.29) is 6.79 Å². The van der Waals surface area contributed by atoms with Crippen LogP contribution in [-0.4, -0.2) is 24.8 Å². The Morgan fingerprint density at radius 3 is 2.60 bits per heavy atom. The lowest BCUT2D eigenvalue weighted by molar-refractivity contribution is -0.136. The predicted molar refractivity (Wildman–Crippen MR) is 98.8 cm³/mol. The van der Waals surface area contributed by atoms with Gasteiger partial charge in [0, 0.05) is 20.2 Å².